The van der Waals surface area contributed by atoms with Crippen LogP contribution in [0, 0.1) is 0 Å². The van der Waals surface area contributed by atoms with Crippen LogP contribution in [0.25, 0.3) is 0 Å². The molecule has 0 heterocycles. The first-order valence-electron chi connectivity index (χ1n) is 7.36. The SMILES string of the molecule is O=C(NCCCC(F)(F)F)c1ccc(N=Nc2ccccc2)cc1. The lowest BCUT2D eigenvalue weighted by Gasteiger charge is -2.07. The van der Waals surface area contributed by atoms with Crippen molar-refractivity contribution in [2.45, 2.75) is 19.0 Å². The molecule has 4 nitrogen and oxygen atoms in total. The molecular weight excluding hydrogens is 319 g/mol. The minimum atomic E-state index is -4.20. The smallest absolute Gasteiger partial charge is 0.352 e. The zero-order chi connectivity index (χ0) is 17.4. The first-order chi connectivity index (χ1) is 11.4. The van der Waals surface area contributed by atoms with E-state index in [2.05, 4.69) is 15.5 Å². The highest BCUT2D eigenvalue weighted by Crippen LogP contribution is 2.21. The van der Waals surface area contributed by atoms with E-state index in [-0.39, 0.29) is 13.0 Å². The number of rotatable bonds is 6. The molecule has 1 N–H and O–H groups in total. The number of alkyl halides is 3. The predicted octanol–water partition coefficient (Wildman–Crippen LogP) is 5.17. The lowest BCUT2D eigenvalue weighted by atomic mass is 10.2. The maximum absolute atomic E-state index is 12.0. The van der Waals surface area contributed by atoms with Gasteiger partial charge in [-0.1, -0.05) is 18.2 Å². The van der Waals surface area contributed by atoms with Crippen LogP contribution in [0.4, 0.5) is 24.5 Å². The third kappa shape index (κ3) is 6.20. The predicted molar refractivity (Wildman–Crippen MR) is 84.7 cm³/mol. The van der Waals surface area contributed by atoms with E-state index in [9.17, 15) is 18.0 Å². The van der Waals surface area contributed by atoms with E-state index in [0.29, 0.717) is 16.9 Å². The molecule has 0 atom stereocenters. The zero-order valence-electron chi connectivity index (χ0n) is 12.8. The third-order valence-electron chi connectivity index (χ3n) is 3.09. The minimum Gasteiger partial charge on any atom is -0.352 e. The number of hydrogen-bond acceptors (Lipinski definition) is 3. The van der Waals surface area contributed by atoms with E-state index in [4.69, 9.17) is 0 Å². The molecule has 0 aliphatic rings. The summed E-state index contributed by atoms with van der Waals surface area (Å²) in [6, 6.07) is 15.5. The van der Waals surface area contributed by atoms with E-state index >= 15 is 0 Å². The van der Waals surface area contributed by atoms with Crippen molar-refractivity contribution in [2.75, 3.05) is 6.54 Å². The molecule has 0 saturated carbocycles. The Labute approximate surface area is 137 Å². The maximum atomic E-state index is 12.0. The van der Waals surface area contributed by atoms with E-state index in [0.717, 1.165) is 0 Å². The summed E-state index contributed by atoms with van der Waals surface area (Å²) in [7, 11) is 0. The van der Waals surface area contributed by atoms with Crippen LogP contribution in [0.3, 0.4) is 0 Å². The van der Waals surface area contributed by atoms with Crippen LogP contribution < -0.4 is 5.32 Å². The Morgan fingerprint density at radius 1 is 0.917 bits per heavy atom. The average Bonchev–Trinajstić information content (AvgIpc) is 2.57. The normalized spacial score (nSPS) is 11.6. The van der Waals surface area contributed by atoms with Crippen LogP contribution in [0.2, 0.25) is 0 Å². The fraction of sp³-hybridized carbons (Fsp3) is 0.235. The number of nitrogens with zero attached hydrogens (tertiary/aromatic N) is 2. The summed E-state index contributed by atoms with van der Waals surface area (Å²) < 4.78 is 36.0. The van der Waals surface area contributed by atoms with E-state index < -0.39 is 18.5 Å². The lowest BCUT2D eigenvalue weighted by molar-refractivity contribution is -0.135. The Hall–Kier alpha value is -2.70. The largest absolute Gasteiger partial charge is 0.389 e. The van der Waals surface area contributed by atoms with Gasteiger partial charge >= 0.3 is 6.18 Å². The molecule has 0 unspecified atom stereocenters. The molecule has 2 aromatic rings. The molecule has 0 radical (unpaired) electrons. The second kappa shape index (κ2) is 8.24. The molecule has 0 aliphatic carbocycles. The highest BCUT2D eigenvalue weighted by molar-refractivity contribution is 5.94. The van der Waals surface area contributed by atoms with Crippen molar-refractivity contribution in [3.05, 3.63) is 60.2 Å². The van der Waals surface area contributed by atoms with Crippen molar-refractivity contribution in [2.24, 2.45) is 10.2 Å². The fourth-order valence-electron chi connectivity index (χ4n) is 1.88. The van der Waals surface area contributed by atoms with Crippen molar-refractivity contribution >= 4 is 17.3 Å². The van der Waals surface area contributed by atoms with Gasteiger partial charge in [-0.15, -0.1) is 0 Å². The summed E-state index contributed by atoms with van der Waals surface area (Å²) in [4.78, 5) is 11.8. The molecule has 0 spiro atoms. The molecule has 1 amide bonds. The Bertz CT molecular complexity index is 682. The quantitative estimate of drug-likeness (QED) is 0.574. The van der Waals surface area contributed by atoms with Crippen LogP contribution in [0.1, 0.15) is 23.2 Å². The summed E-state index contributed by atoms with van der Waals surface area (Å²) in [5.41, 5.74) is 1.65. The van der Waals surface area contributed by atoms with Crippen LogP contribution in [0.5, 0.6) is 0 Å². The first kappa shape index (κ1) is 17.7. The molecule has 126 valence electrons. The lowest BCUT2D eigenvalue weighted by Crippen LogP contribution is -2.25. The molecule has 24 heavy (non-hydrogen) atoms. The van der Waals surface area contributed by atoms with E-state index in [1.165, 1.54) is 0 Å². The number of benzene rings is 2. The molecule has 0 saturated heterocycles. The van der Waals surface area contributed by atoms with Gasteiger partial charge in [0.2, 0.25) is 0 Å². The van der Waals surface area contributed by atoms with Gasteiger partial charge in [0.1, 0.15) is 0 Å². The van der Waals surface area contributed by atoms with Crippen LogP contribution in [-0.4, -0.2) is 18.6 Å². The maximum Gasteiger partial charge on any atom is 0.389 e. The second-order valence-electron chi connectivity index (χ2n) is 5.06. The molecule has 0 bridgehead atoms. The molecule has 2 rings (SSSR count). The van der Waals surface area contributed by atoms with Crippen molar-refractivity contribution < 1.29 is 18.0 Å². The number of halogens is 3. The van der Waals surface area contributed by atoms with Gasteiger partial charge in [0.25, 0.3) is 5.91 Å². The van der Waals surface area contributed by atoms with E-state index in [1.54, 1.807) is 24.3 Å². The van der Waals surface area contributed by atoms with Crippen molar-refractivity contribution in [1.82, 2.24) is 5.32 Å². The third-order valence-corrected chi connectivity index (χ3v) is 3.09. The molecule has 0 aromatic heterocycles. The van der Waals surface area contributed by atoms with Gasteiger partial charge < -0.3 is 5.32 Å². The first-order valence-corrected chi connectivity index (χ1v) is 7.36. The van der Waals surface area contributed by atoms with Gasteiger partial charge in [-0.25, -0.2) is 0 Å². The number of hydrogen-bond donors (Lipinski definition) is 1. The van der Waals surface area contributed by atoms with Gasteiger partial charge in [-0.05, 0) is 42.8 Å². The van der Waals surface area contributed by atoms with Gasteiger partial charge in [0.15, 0.2) is 0 Å². The average molecular weight is 335 g/mol. The van der Waals surface area contributed by atoms with E-state index in [1.807, 2.05) is 30.3 Å². The number of carbonyl (C=O) groups is 1. The summed E-state index contributed by atoms with van der Waals surface area (Å²) in [6.45, 7) is -0.0200. The number of carbonyl (C=O) groups excluding carboxylic acids is 1. The van der Waals surface area contributed by atoms with Crippen LogP contribution in [0.15, 0.2) is 64.8 Å². The summed E-state index contributed by atoms with van der Waals surface area (Å²) in [5.74, 6) is -0.413. The van der Waals surface area contributed by atoms with Gasteiger partial charge in [-0.3, -0.25) is 4.79 Å². The summed E-state index contributed by atoms with van der Waals surface area (Å²) in [5, 5.41) is 10.6. The highest BCUT2D eigenvalue weighted by Gasteiger charge is 2.25. The van der Waals surface area contributed by atoms with Gasteiger partial charge in [0.05, 0.1) is 11.4 Å². The zero-order valence-corrected chi connectivity index (χ0v) is 12.8. The van der Waals surface area contributed by atoms with Crippen molar-refractivity contribution in [1.29, 1.82) is 0 Å². The number of nitrogens with one attached hydrogen (secondary N) is 1. The Balaban J connectivity index is 1.85. The monoisotopic (exact) mass is 335 g/mol. The standard InChI is InChI=1S/C17H16F3N3O/c18-17(19,20)11-4-12-21-16(24)13-7-9-15(10-8-13)23-22-14-5-2-1-3-6-14/h1-3,5-10H,4,11-12H2,(H,21,24). The van der Waals surface area contributed by atoms with Gasteiger partial charge in [0, 0.05) is 18.5 Å². The van der Waals surface area contributed by atoms with Crippen molar-refractivity contribution in [3.8, 4) is 0 Å². The molecule has 2 aromatic carbocycles. The molecule has 7 heteroatoms. The topological polar surface area (TPSA) is 53.8 Å². The summed E-state index contributed by atoms with van der Waals surface area (Å²) >= 11 is 0. The number of amides is 1. The summed E-state index contributed by atoms with van der Waals surface area (Å²) in [6.07, 6.45) is -5.25. The minimum absolute atomic E-state index is 0.0200. The fourth-order valence-corrected chi connectivity index (χ4v) is 1.88. The Morgan fingerprint density at radius 2 is 1.50 bits per heavy atom. The van der Waals surface area contributed by atoms with Crippen LogP contribution >= 0.6 is 0 Å². The Morgan fingerprint density at radius 3 is 2.08 bits per heavy atom. The molecule has 0 fully saturated rings. The second-order valence-corrected chi connectivity index (χ2v) is 5.06. The molecular formula is C17H16F3N3O. The molecule has 0 aliphatic heterocycles. The van der Waals surface area contributed by atoms with Crippen molar-refractivity contribution in [3.63, 3.8) is 0 Å². The van der Waals surface area contributed by atoms with Crippen LogP contribution in [-0.2, 0) is 0 Å². The highest BCUT2D eigenvalue weighted by atomic mass is 19.4. The number of azo groups is 1. The van der Waals surface area contributed by atoms with Gasteiger partial charge in [-0.2, -0.15) is 23.4 Å². The Kier molecular flexibility index (Phi) is 6.06.